The van der Waals surface area contributed by atoms with Gasteiger partial charge < -0.3 is 0 Å². The van der Waals surface area contributed by atoms with Gasteiger partial charge in [-0.25, -0.2) is 21.8 Å². The Labute approximate surface area is 208 Å². The van der Waals surface area contributed by atoms with Crippen molar-refractivity contribution in [2.24, 2.45) is 0 Å². The van der Waals surface area contributed by atoms with Crippen LogP contribution in [0.2, 0.25) is 0 Å². The molecule has 2 aromatic heterocycles. The Morgan fingerprint density at radius 3 is 2.31 bits per heavy atom. The quantitative estimate of drug-likeness (QED) is 0.342. The second kappa shape index (κ2) is 9.84. The number of benzene rings is 2. The first kappa shape index (κ1) is 25.0. The van der Waals surface area contributed by atoms with E-state index in [0.717, 1.165) is 11.8 Å². The summed E-state index contributed by atoms with van der Waals surface area (Å²) in [6.45, 7) is 1.81. The molecule has 0 radical (unpaired) electrons. The molecular formula is C24H23N3O5S3. The van der Waals surface area contributed by atoms with E-state index in [4.69, 9.17) is 0 Å². The molecule has 0 aliphatic heterocycles. The molecule has 0 aliphatic carbocycles. The van der Waals surface area contributed by atoms with Gasteiger partial charge in [-0.1, -0.05) is 36.5 Å². The van der Waals surface area contributed by atoms with Gasteiger partial charge in [0, 0.05) is 18.6 Å². The number of hydrogen-bond donors (Lipinski definition) is 0. The molecule has 11 heteroatoms. The SMILES string of the molecule is CCS(=O)(=O)c1ccc(CC(=O)N(Cc2cccnc2)c2nc3ccc(S(C)(=O)=O)cc3s2)cc1. The van der Waals surface area contributed by atoms with Crippen molar-refractivity contribution in [1.29, 1.82) is 0 Å². The third kappa shape index (κ3) is 5.75. The maximum atomic E-state index is 13.4. The van der Waals surface area contributed by atoms with Crippen LogP contribution in [0.25, 0.3) is 10.2 Å². The van der Waals surface area contributed by atoms with Crippen LogP contribution in [-0.2, 0) is 37.4 Å². The van der Waals surface area contributed by atoms with Crippen LogP contribution in [0.1, 0.15) is 18.1 Å². The lowest BCUT2D eigenvalue weighted by Gasteiger charge is -2.20. The lowest BCUT2D eigenvalue weighted by atomic mass is 10.1. The Morgan fingerprint density at radius 2 is 1.69 bits per heavy atom. The molecule has 4 aromatic rings. The van der Waals surface area contributed by atoms with Gasteiger partial charge in [-0.15, -0.1) is 0 Å². The van der Waals surface area contributed by atoms with E-state index < -0.39 is 19.7 Å². The third-order valence-electron chi connectivity index (χ3n) is 5.39. The zero-order valence-electron chi connectivity index (χ0n) is 19.1. The summed E-state index contributed by atoms with van der Waals surface area (Å²) < 4.78 is 48.7. The Balaban J connectivity index is 1.67. The molecule has 35 heavy (non-hydrogen) atoms. The fourth-order valence-corrected chi connectivity index (χ4v) is 6.05. The summed E-state index contributed by atoms with van der Waals surface area (Å²) in [5.41, 5.74) is 2.07. The Kier molecular flexibility index (Phi) is 7.02. The van der Waals surface area contributed by atoms with Crippen LogP contribution in [0.4, 0.5) is 5.13 Å². The fourth-order valence-electron chi connectivity index (χ4n) is 3.43. The highest BCUT2D eigenvalue weighted by Gasteiger charge is 2.22. The zero-order valence-corrected chi connectivity index (χ0v) is 21.5. The molecule has 0 bridgehead atoms. The fraction of sp³-hybridized carbons (Fsp3) is 0.208. The zero-order chi connectivity index (χ0) is 25.2. The number of carbonyl (C=O) groups is 1. The number of fused-ring (bicyclic) bond motifs is 1. The number of anilines is 1. The Bertz CT molecular complexity index is 1580. The van der Waals surface area contributed by atoms with Crippen LogP contribution in [0.5, 0.6) is 0 Å². The van der Waals surface area contributed by atoms with E-state index in [-0.39, 0.29) is 34.4 Å². The van der Waals surface area contributed by atoms with Crippen molar-refractivity contribution in [3.8, 4) is 0 Å². The molecule has 0 saturated carbocycles. The summed E-state index contributed by atoms with van der Waals surface area (Å²) in [5.74, 6) is -0.231. The maximum absolute atomic E-state index is 13.4. The van der Waals surface area contributed by atoms with Gasteiger partial charge >= 0.3 is 0 Å². The third-order valence-corrected chi connectivity index (χ3v) is 9.29. The molecule has 0 fully saturated rings. The molecule has 0 N–H and O–H groups in total. The first-order valence-electron chi connectivity index (χ1n) is 10.7. The molecule has 0 atom stereocenters. The van der Waals surface area contributed by atoms with Gasteiger partial charge in [-0.2, -0.15) is 0 Å². The average Bonchev–Trinajstić information content (AvgIpc) is 3.26. The first-order valence-corrected chi connectivity index (χ1v) is 15.0. The second-order valence-corrected chi connectivity index (χ2v) is 13.3. The number of rotatable bonds is 8. The Morgan fingerprint density at radius 1 is 0.971 bits per heavy atom. The molecule has 2 aromatic carbocycles. The van der Waals surface area contributed by atoms with Gasteiger partial charge in [0.15, 0.2) is 24.8 Å². The lowest BCUT2D eigenvalue weighted by molar-refractivity contribution is -0.118. The minimum absolute atomic E-state index is 0.00280. The summed E-state index contributed by atoms with van der Waals surface area (Å²) in [4.78, 5) is 24.1. The van der Waals surface area contributed by atoms with Crippen LogP contribution < -0.4 is 4.90 Å². The second-order valence-electron chi connectivity index (χ2n) is 7.96. The monoisotopic (exact) mass is 529 g/mol. The number of nitrogens with zero attached hydrogens (tertiary/aromatic N) is 3. The number of sulfone groups is 2. The predicted molar refractivity (Wildman–Crippen MR) is 136 cm³/mol. The number of aromatic nitrogens is 2. The number of carbonyl (C=O) groups excluding carboxylic acids is 1. The van der Waals surface area contributed by atoms with Gasteiger partial charge in [-0.05, 0) is 47.5 Å². The maximum Gasteiger partial charge on any atom is 0.233 e. The highest BCUT2D eigenvalue weighted by molar-refractivity contribution is 7.91. The Hall–Kier alpha value is -3.15. The highest BCUT2D eigenvalue weighted by atomic mass is 32.2. The minimum atomic E-state index is -3.38. The summed E-state index contributed by atoms with van der Waals surface area (Å²) in [5, 5.41) is 0.435. The summed E-state index contributed by atoms with van der Waals surface area (Å²) in [7, 11) is -6.71. The molecule has 0 spiro atoms. The normalized spacial score (nSPS) is 12.1. The number of thiazole rings is 1. The summed E-state index contributed by atoms with van der Waals surface area (Å²) in [6.07, 6.45) is 4.49. The van der Waals surface area contributed by atoms with Crippen molar-refractivity contribution in [2.75, 3.05) is 16.9 Å². The van der Waals surface area contributed by atoms with Crippen molar-refractivity contribution in [3.63, 3.8) is 0 Å². The van der Waals surface area contributed by atoms with Gasteiger partial charge in [0.05, 0.1) is 38.7 Å². The van der Waals surface area contributed by atoms with E-state index in [1.807, 2.05) is 6.07 Å². The van der Waals surface area contributed by atoms with Crippen molar-refractivity contribution >= 4 is 52.3 Å². The molecule has 0 saturated heterocycles. The minimum Gasteiger partial charge on any atom is -0.283 e. The topological polar surface area (TPSA) is 114 Å². The van der Waals surface area contributed by atoms with Crippen molar-refractivity contribution in [2.45, 2.75) is 29.7 Å². The predicted octanol–water partition coefficient (Wildman–Crippen LogP) is 3.66. The average molecular weight is 530 g/mol. The van der Waals surface area contributed by atoms with Gasteiger partial charge in [0.2, 0.25) is 5.91 Å². The van der Waals surface area contributed by atoms with Gasteiger partial charge in [-0.3, -0.25) is 14.7 Å². The summed E-state index contributed by atoms with van der Waals surface area (Å²) in [6, 6.07) is 14.6. The largest absolute Gasteiger partial charge is 0.283 e. The molecule has 1 amide bonds. The molecule has 0 aliphatic rings. The first-order chi connectivity index (χ1) is 16.6. The van der Waals surface area contributed by atoms with Crippen LogP contribution in [0, 0.1) is 0 Å². The molecule has 4 rings (SSSR count). The van der Waals surface area contributed by atoms with E-state index >= 15 is 0 Å². The molecule has 182 valence electrons. The molecule has 8 nitrogen and oxygen atoms in total. The number of pyridine rings is 1. The van der Waals surface area contributed by atoms with E-state index in [9.17, 15) is 21.6 Å². The van der Waals surface area contributed by atoms with Gasteiger partial charge in [0.1, 0.15) is 0 Å². The van der Waals surface area contributed by atoms with E-state index in [1.54, 1.807) is 54.5 Å². The van der Waals surface area contributed by atoms with Gasteiger partial charge in [0.25, 0.3) is 0 Å². The van der Waals surface area contributed by atoms with E-state index in [1.165, 1.54) is 29.5 Å². The van der Waals surface area contributed by atoms with Crippen LogP contribution in [0.15, 0.2) is 76.8 Å². The van der Waals surface area contributed by atoms with E-state index in [2.05, 4.69) is 9.97 Å². The van der Waals surface area contributed by atoms with E-state index in [0.29, 0.717) is 20.9 Å². The van der Waals surface area contributed by atoms with Crippen molar-refractivity contribution in [3.05, 3.63) is 78.1 Å². The number of amides is 1. The van der Waals surface area contributed by atoms with Crippen LogP contribution in [-0.4, -0.2) is 44.7 Å². The lowest BCUT2D eigenvalue weighted by Crippen LogP contribution is -2.31. The smallest absolute Gasteiger partial charge is 0.233 e. The molecular weight excluding hydrogens is 506 g/mol. The highest BCUT2D eigenvalue weighted by Crippen LogP contribution is 2.32. The standard InChI is InChI=1S/C24H23N3O5S3/c1-3-35(31,32)19-8-6-17(7-9-19)13-23(28)27(16-18-5-4-12-25-15-18)24-26-21-11-10-20(34(2,29)30)14-22(21)33-24/h4-12,14-15H,3,13,16H2,1-2H3. The van der Waals surface area contributed by atoms with Crippen LogP contribution in [0.3, 0.4) is 0 Å². The molecule has 0 unspecified atom stereocenters. The summed E-state index contributed by atoms with van der Waals surface area (Å²) >= 11 is 1.23. The molecule has 2 heterocycles. The number of hydrogen-bond acceptors (Lipinski definition) is 8. The van der Waals surface area contributed by atoms with Crippen LogP contribution >= 0.6 is 11.3 Å². The van der Waals surface area contributed by atoms with Crippen molar-refractivity contribution < 1.29 is 21.6 Å². The van der Waals surface area contributed by atoms with Crippen molar-refractivity contribution in [1.82, 2.24) is 9.97 Å².